The zero-order valence-electron chi connectivity index (χ0n) is 11.7. The van der Waals surface area contributed by atoms with E-state index in [-0.39, 0.29) is 11.9 Å². The molecule has 2 aromatic rings. The van der Waals surface area contributed by atoms with Crippen molar-refractivity contribution in [3.63, 3.8) is 0 Å². The maximum Gasteiger partial charge on any atom is 0.253 e. The van der Waals surface area contributed by atoms with Crippen LogP contribution in [0.5, 0.6) is 0 Å². The predicted molar refractivity (Wildman–Crippen MR) is 83.8 cm³/mol. The minimum absolute atomic E-state index is 0.0256. The quantitative estimate of drug-likeness (QED) is 0.657. The van der Waals surface area contributed by atoms with Gasteiger partial charge in [0.15, 0.2) is 0 Å². The Bertz CT molecular complexity index is 551. The van der Waals surface area contributed by atoms with Crippen molar-refractivity contribution in [2.75, 3.05) is 12.5 Å². The smallest absolute Gasteiger partial charge is 0.253 e. The van der Waals surface area contributed by atoms with E-state index in [9.17, 15) is 4.79 Å². The predicted octanol–water partition coefficient (Wildman–Crippen LogP) is 2.74. The van der Waals surface area contributed by atoms with Crippen LogP contribution >= 0.6 is 11.3 Å². The molecule has 2 rings (SSSR count). The van der Waals surface area contributed by atoms with Gasteiger partial charge in [-0.25, -0.2) is 0 Å². The lowest BCUT2D eigenvalue weighted by atomic mass is 10.1. The number of carbonyl (C=O) groups excluding carboxylic acids is 1. The second kappa shape index (κ2) is 6.54. The van der Waals surface area contributed by atoms with Crippen LogP contribution in [0.3, 0.4) is 0 Å². The van der Waals surface area contributed by atoms with Crippen molar-refractivity contribution >= 4 is 22.9 Å². The minimum atomic E-state index is 0.0256. The van der Waals surface area contributed by atoms with Gasteiger partial charge in [0.1, 0.15) is 0 Å². The lowest BCUT2D eigenvalue weighted by molar-refractivity contribution is 0.0744. The zero-order valence-corrected chi connectivity index (χ0v) is 12.5. The number of nitrogens with one attached hydrogen (secondary N) is 1. The number of thiophene rings is 1. The first-order valence-electron chi connectivity index (χ1n) is 6.48. The number of carbonyl (C=O) groups is 1. The second-order valence-electron chi connectivity index (χ2n) is 4.77. The Morgan fingerprint density at radius 1 is 1.35 bits per heavy atom. The van der Waals surface area contributed by atoms with Crippen molar-refractivity contribution in [1.82, 2.24) is 4.90 Å². The summed E-state index contributed by atoms with van der Waals surface area (Å²) < 4.78 is 0. The molecule has 0 radical (unpaired) electrons. The Kier molecular flexibility index (Phi) is 4.76. The van der Waals surface area contributed by atoms with Gasteiger partial charge in [-0.1, -0.05) is 6.07 Å². The Balaban J connectivity index is 2.03. The number of likely N-dealkylation sites (N-methyl/N-ethyl adjacent to an activating group) is 1. The Labute approximate surface area is 123 Å². The van der Waals surface area contributed by atoms with E-state index in [0.717, 1.165) is 12.1 Å². The summed E-state index contributed by atoms with van der Waals surface area (Å²) in [6.07, 6.45) is 0.877. The molecule has 0 spiro atoms. The normalized spacial score (nSPS) is 11.9. The molecule has 0 saturated heterocycles. The lowest BCUT2D eigenvalue weighted by Crippen LogP contribution is -2.36. The average Bonchev–Trinajstić information content (AvgIpc) is 2.98. The van der Waals surface area contributed by atoms with Crippen molar-refractivity contribution < 1.29 is 4.79 Å². The number of rotatable bonds is 5. The van der Waals surface area contributed by atoms with E-state index < -0.39 is 0 Å². The topological polar surface area (TPSA) is 58.4 Å². The fourth-order valence-electron chi connectivity index (χ4n) is 1.97. The number of hydrogen-bond acceptors (Lipinski definition) is 4. The van der Waals surface area contributed by atoms with Gasteiger partial charge in [0, 0.05) is 35.6 Å². The monoisotopic (exact) mass is 289 g/mol. The van der Waals surface area contributed by atoms with Crippen molar-refractivity contribution in [2.24, 2.45) is 5.84 Å². The number of amides is 1. The first-order valence-corrected chi connectivity index (χ1v) is 7.36. The first kappa shape index (κ1) is 14.6. The fraction of sp³-hybridized carbons (Fsp3) is 0.267. The molecule has 0 aliphatic rings. The Hall–Kier alpha value is -1.85. The number of anilines is 1. The van der Waals surface area contributed by atoms with Crippen LogP contribution in [0, 0.1) is 0 Å². The maximum atomic E-state index is 12.4. The highest BCUT2D eigenvalue weighted by molar-refractivity contribution is 7.09. The Morgan fingerprint density at radius 3 is 2.60 bits per heavy atom. The summed E-state index contributed by atoms with van der Waals surface area (Å²) in [6.45, 7) is 2.06. The van der Waals surface area contributed by atoms with E-state index in [1.807, 2.05) is 13.1 Å². The van der Waals surface area contributed by atoms with Crippen LogP contribution in [-0.2, 0) is 6.42 Å². The van der Waals surface area contributed by atoms with Crippen LogP contribution in [0.15, 0.2) is 41.8 Å². The van der Waals surface area contributed by atoms with E-state index >= 15 is 0 Å². The van der Waals surface area contributed by atoms with E-state index in [1.165, 1.54) is 4.88 Å². The second-order valence-corrected chi connectivity index (χ2v) is 5.80. The summed E-state index contributed by atoms with van der Waals surface area (Å²) in [4.78, 5) is 15.5. The number of nitrogens with two attached hydrogens (primary N) is 1. The molecule has 0 bridgehead atoms. The van der Waals surface area contributed by atoms with Gasteiger partial charge in [-0.2, -0.15) is 0 Å². The molecule has 0 aliphatic heterocycles. The van der Waals surface area contributed by atoms with Gasteiger partial charge < -0.3 is 10.3 Å². The van der Waals surface area contributed by atoms with E-state index in [2.05, 4.69) is 23.8 Å². The molecule has 1 unspecified atom stereocenters. The van der Waals surface area contributed by atoms with Gasteiger partial charge in [-0.05, 0) is 42.6 Å². The van der Waals surface area contributed by atoms with Crippen LogP contribution < -0.4 is 11.3 Å². The lowest BCUT2D eigenvalue weighted by Gasteiger charge is -2.24. The van der Waals surface area contributed by atoms with E-state index in [0.29, 0.717) is 5.56 Å². The van der Waals surface area contributed by atoms with E-state index in [1.54, 1.807) is 40.5 Å². The summed E-state index contributed by atoms with van der Waals surface area (Å²) in [7, 11) is 1.84. The first-order chi connectivity index (χ1) is 9.61. The highest BCUT2D eigenvalue weighted by atomic mass is 32.1. The number of benzene rings is 1. The van der Waals surface area contributed by atoms with Gasteiger partial charge in [-0.3, -0.25) is 10.6 Å². The molecule has 4 nitrogen and oxygen atoms in total. The molecule has 1 aromatic heterocycles. The van der Waals surface area contributed by atoms with Crippen molar-refractivity contribution in [1.29, 1.82) is 0 Å². The molecule has 20 heavy (non-hydrogen) atoms. The molecule has 1 aromatic carbocycles. The SMILES string of the molecule is CC(Cc1cccs1)N(C)C(=O)c1ccc(NN)cc1. The summed E-state index contributed by atoms with van der Waals surface area (Å²) in [5, 5.41) is 2.06. The van der Waals surface area contributed by atoms with Crippen LogP contribution in [0.4, 0.5) is 5.69 Å². The molecular weight excluding hydrogens is 270 g/mol. The van der Waals surface area contributed by atoms with Crippen molar-refractivity contribution in [3.05, 3.63) is 52.2 Å². The molecular formula is C15H19N3OS. The van der Waals surface area contributed by atoms with Gasteiger partial charge in [-0.15, -0.1) is 11.3 Å². The van der Waals surface area contributed by atoms with Crippen LogP contribution in [0.1, 0.15) is 22.2 Å². The molecule has 106 valence electrons. The summed E-state index contributed by atoms with van der Waals surface area (Å²) >= 11 is 1.72. The minimum Gasteiger partial charge on any atom is -0.339 e. The van der Waals surface area contributed by atoms with E-state index in [4.69, 9.17) is 5.84 Å². The third-order valence-electron chi connectivity index (χ3n) is 3.36. The van der Waals surface area contributed by atoms with Gasteiger partial charge in [0.05, 0.1) is 0 Å². The summed E-state index contributed by atoms with van der Waals surface area (Å²) in [5.74, 6) is 5.34. The molecule has 5 heteroatoms. The number of hydrazine groups is 1. The van der Waals surface area contributed by atoms with Crippen LogP contribution in [0.2, 0.25) is 0 Å². The van der Waals surface area contributed by atoms with Gasteiger partial charge in [0.25, 0.3) is 5.91 Å². The third-order valence-corrected chi connectivity index (χ3v) is 4.26. The summed E-state index contributed by atoms with van der Waals surface area (Å²) in [5.41, 5.74) is 4.01. The molecule has 1 atom stereocenters. The highest BCUT2D eigenvalue weighted by Gasteiger charge is 2.18. The van der Waals surface area contributed by atoms with Crippen molar-refractivity contribution in [2.45, 2.75) is 19.4 Å². The maximum absolute atomic E-state index is 12.4. The standard InChI is InChI=1S/C15H19N3OS/c1-11(10-14-4-3-9-20-14)18(2)15(19)12-5-7-13(17-16)8-6-12/h3-9,11,17H,10,16H2,1-2H3. The fourth-order valence-corrected chi connectivity index (χ4v) is 2.80. The molecule has 1 heterocycles. The van der Waals surface area contributed by atoms with Gasteiger partial charge in [0.2, 0.25) is 0 Å². The van der Waals surface area contributed by atoms with Crippen LogP contribution in [-0.4, -0.2) is 23.9 Å². The third kappa shape index (κ3) is 3.37. The molecule has 0 saturated carbocycles. The molecule has 0 fully saturated rings. The Morgan fingerprint density at radius 2 is 2.05 bits per heavy atom. The number of hydrogen-bond donors (Lipinski definition) is 2. The average molecular weight is 289 g/mol. The molecule has 1 amide bonds. The largest absolute Gasteiger partial charge is 0.339 e. The number of nitrogen functional groups attached to an aromatic ring is 1. The van der Waals surface area contributed by atoms with Crippen LogP contribution in [0.25, 0.3) is 0 Å². The molecule has 3 N–H and O–H groups in total. The zero-order chi connectivity index (χ0) is 14.5. The number of nitrogens with zero attached hydrogens (tertiary/aromatic N) is 1. The highest BCUT2D eigenvalue weighted by Crippen LogP contribution is 2.16. The van der Waals surface area contributed by atoms with Gasteiger partial charge >= 0.3 is 0 Å². The summed E-state index contributed by atoms with van der Waals surface area (Å²) in [6, 6.07) is 11.5. The molecule has 0 aliphatic carbocycles. The van der Waals surface area contributed by atoms with Crippen molar-refractivity contribution in [3.8, 4) is 0 Å².